The third kappa shape index (κ3) is 7.54. The molecular formula is C19H36S4Si. The van der Waals surface area contributed by atoms with Gasteiger partial charge in [-0.25, -0.2) is 0 Å². The molecule has 140 valence electrons. The third-order valence-electron chi connectivity index (χ3n) is 4.60. The maximum atomic E-state index is 2.48. The van der Waals surface area contributed by atoms with Crippen LogP contribution in [-0.2, 0) is 0 Å². The predicted molar refractivity (Wildman–Crippen MR) is 125 cm³/mol. The topological polar surface area (TPSA) is 0 Å². The molecule has 3 rings (SSSR count). The molecule has 0 unspecified atom stereocenters. The lowest BCUT2D eigenvalue weighted by molar-refractivity contribution is 0.289. The summed E-state index contributed by atoms with van der Waals surface area (Å²) in [6, 6.07) is 0. The van der Waals surface area contributed by atoms with Crippen molar-refractivity contribution in [2.45, 2.75) is 76.2 Å². The van der Waals surface area contributed by atoms with Crippen molar-refractivity contribution < 1.29 is 0 Å². The first-order valence-corrected chi connectivity index (χ1v) is 17.1. The van der Waals surface area contributed by atoms with Gasteiger partial charge in [-0.15, -0.1) is 23.5 Å². The monoisotopic (exact) mass is 420 g/mol. The van der Waals surface area contributed by atoms with Crippen molar-refractivity contribution in [2.24, 2.45) is 5.41 Å². The second-order valence-electron chi connectivity index (χ2n) is 8.93. The zero-order valence-corrected chi connectivity index (χ0v) is 20.5. The Morgan fingerprint density at radius 1 is 0.875 bits per heavy atom. The quantitative estimate of drug-likeness (QED) is 0.398. The molecule has 0 bridgehead atoms. The lowest BCUT2D eigenvalue weighted by Crippen LogP contribution is -2.35. The average Bonchev–Trinajstić information content (AvgIpc) is 2.55. The molecule has 0 amide bonds. The van der Waals surface area contributed by atoms with Crippen molar-refractivity contribution in [1.82, 2.24) is 0 Å². The molecule has 0 radical (unpaired) electrons. The van der Waals surface area contributed by atoms with Gasteiger partial charge in [0.1, 0.15) is 0 Å². The summed E-state index contributed by atoms with van der Waals surface area (Å²) in [5.74, 6) is 5.52. The fourth-order valence-electron chi connectivity index (χ4n) is 3.33. The van der Waals surface area contributed by atoms with Gasteiger partial charge in [0.2, 0.25) is 0 Å². The van der Waals surface area contributed by atoms with Crippen LogP contribution < -0.4 is 0 Å². The van der Waals surface area contributed by atoms with Crippen molar-refractivity contribution in [3.63, 3.8) is 0 Å². The molecule has 2 heterocycles. The number of hydrogen-bond donors (Lipinski definition) is 0. The molecule has 24 heavy (non-hydrogen) atoms. The Morgan fingerprint density at radius 3 is 1.96 bits per heavy atom. The second-order valence-corrected chi connectivity index (χ2v) is 20.3. The van der Waals surface area contributed by atoms with E-state index in [4.69, 9.17) is 0 Å². The molecule has 0 aromatic rings. The first-order chi connectivity index (χ1) is 11.3. The highest BCUT2D eigenvalue weighted by Crippen LogP contribution is 2.46. The molecule has 5 heteroatoms. The van der Waals surface area contributed by atoms with Gasteiger partial charge in [0.25, 0.3) is 0 Å². The maximum absolute atomic E-state index is 2.48. The van der Waals surface area contributed by atoms with Crippen LogP contribution in [0.2, 0.25) is 19.6 Å². The predicted octanol–water partition coefficient (Wildman–Crippen LogP) is 7.73. The van der Waals surface area contributed by atoms with Gasteiger partial charge in [-0.1, -0.05) is 33.5 Å². The van der Waals surface area contributed by atoms with Crippen LogP contribution in [0.15, 0.2) is 9.81 Å². The van der Waals surface area contributed by atoms with Crippen LogP contribution in [0.4, 0.5) is 0 Å². The zero-order chi connectivity index (χ0) is 17.6. The van der Waals surface area contributed by atoms with Crippen LogP contribution in [-0.4, -0.2) is 35.3 Å². The van der Waals surface area contributed by atoms with Crippen LogP contribution >= 0.6 is 47.0 Å². The van der Waals surface area contributed by atoms with E-state index in [2.05, 4.69) is 80.5 Å². The van der Waals surface area contributed by atoms with Crippen LogP contribution in [0.1, 0.15) is 52.4 Å². The summed E-state index contributed by atoms with van der Waals surface area (Å²) in [5.41, 5.74) is 2.34. The summed E-state index contributed by atoms with van der Waals surface area (Å²) in [4.78, 5) is 0. The Kier molecular flexibility index (Phi) is 9.07. The molecule has 2 saturated heterocycles. The number of hydrogen-bond acceptors (Lipinski definition) is 4. The van der Waals surface area contributed by atoms with Crippen LogP contribution in [0.25, 0.3) is 0 Å². The highest BCUT2D eigenvalue weighted by Gasteiger charge is 2.29. The van der Waals surface area contributed by atoms with Crippen molar-refractivity contribution in [3.05, 3.63) is 9.81 Å². The Hall–Kier alpha value is 1.36. The summed E-state index contributed by atoms with van der Waals surface area (Å²) in [7, 11) is -0.830. The summed E-state index contributed by atoms with van der Waals surface area (Å²) >= 11 is 8.62. The molecule has 0 aromatic carbocycles. The Bertz CT molecular complexity index is 412. The lowest BCUT2D eigenvalue weighted by Gasteiger charge is -2.33. The van der Waals surface area contributed by atoms with E-state index in [9.17, 15) is 0 Å². The van der Waals surface area contributed by atoms with E-state index >= 15 is 0 Å². The highest BCUT2D eigenvalue weighted by atomic mass is 32.2. The van der Waals surface area contributed by atoms with E-state index in [0.29, 0.717) is 5.41 Å². The minimum absolute atomic E-state index is 0.569. The molecule has 3 fully saturated rings. The summed E-state index contributed by atoms with van der Waals surface area (Å²) in [6.45, 7) is 12.3. The molecule has 0 atom stereocenters. The summed E-state index contributed by atoms with van der Waals surface area (Å²) in [6.07, 6.45) is 8.37. The molecule has 1 aliphatic carbocycles. The standard InChI is InChI=1S/C12H20S2.C7H16S2Si/c1-12(2)6-3-5-10(9-12)11-13-7-4-8-14-11;1-10(2,3)7-8-5-4-6-9-7/h3-9H2,1-2H3;7H,4-6H2,1-3H3. The molecule has 0 spiro atoms. The molecule has 0 nitrogen and oxygen atoms in total. The van der Waals surface area contributed by atoms with E-state index in [0.717, 1.165) is 4.21 Å². The van der Waals surface area contributed by atoms with Crippen molar-refractivity contribution in [3.8, 4) is 0 Å². The Morgan fingerprint density at radius 2 is 1.46 bits per heavy atom. The van der Waals surface area contributed by atoms with Crippen molar-refractivity contribution in [1.29, 1.82) is 0 Å². The fourth-order valence-corrected chi connectivity index (χ4v) is 13.0. The van der Waals surface area contributed by atoms with Gasteiger partial charge in [-0.2, -0.15) is 23.5 Å². The lowest BCUT2D eigenvalue weighted by atomic mass is 9.75. The number of rotatable bonds is 1. The van der Waals surface area contributed by atoms with Crippen LogP contribution in [0.3, 0.4) is 0 Å². The van der Waals surface area contributed by atoms with E-state index in [1.165, 1.54) is 61.5 Å². The molecule has 0 aromatic heterocycles. The Labute approximate surface area is 168 Å². The van der Waals surface area contributed by atoms with E-state index in [-0.39, 0.29) is 0 Å². The van der Waals surface area contributed by atoms with Crippen LogP contribution in [0.5, 0.6) is 0 Å². The molecule has 0 N–H and O–H groups in total. The minimum Gasteiger partial charge on any atom is -0.151 e. The van der Waals surface area contributed by atoms with Crippen molar-refractivity contribution in [2.75, 3.05) is 23.0 Å². The van der Waals surface area contributed by atoms with Gasteiger partial charge in [-0.05, 0) is 72.5 Å². The van der Waals surface area contributed by atoms with Gasteiger partial charge in [0.05, 0.1) is 8.07 Å². The van der Waals surface area contributed by atoms with E-state index < -0.39 is 8.07 Å². The Balaban J connectivity index is 0.000000185. The van der Waals surface area contributed by atoms with Gasteiger partial charge in [-0.3, -0.25) is 0 Å². The maximum Gasteiger partial charge on any atom is 0.0712 e. The normalized spacial score (nSPS) is 25.9. The average molecular weight is 421 g/mol. The largest absolute Gasteiger partial charge is 0.151 e. The van der Waals surface area contributed by atoms with E-state index in [1.54, 1.807) is 9.81 Å². The zero-order valence-electron chi connectivity index (χ0n) is 16.3. The third-order valence-corrected chi connectivity index (χ3v) is 16.5. The van der Waals surface area contributed by atoms with Crippen LogP contribution in [0, 0.1) is 5.41 Å². The van der Waals surface area contributed by atoms with Gasteiger partial charge in [0, 0.05) is 8.44 Å². The number of allylic oxidation sites excluding steroid dienone is 1. The van der Waals surface area contributed by atoms with Gasteiger partial charge >= 0.3 is 0 Å². The molecule has 3 aliphatic rings. The van der Waals surface area contributed by atoms with E-state index in [1.807, 2.05) is 0 Å². The highest BCUT2D eigenvalue weighted by molar-refractivity contribution is 8.22. The van der Waals surface area contributed by atoms with Gasteiger partial charge in [0.15, 0.2) is 0 Å². The fraction of sp³-hybridized carbons (Fsp3) is 0.895. The number of thioether (sulfide) groups is 4. The minimum atomic E-state index is -0.830. The second kappa shape index (κ2) is 10.1. The molecule has 1 saturated carbocycles. The SMILES string of the molecule is CC1(C)CCCC(=C2SCCCS2)C1.C[Si](C)(C)C1SCCCS1. The van der Waals surface area contributed by atoms with Gasteiger partial charge < -0.3 is 0 Å². The summed E-state index contributed by atoms with van der Waals surface area (Å²) in [5, 5.41) is 0. The molecule has 2 aliphatic heterocycles. The smallest absolute Gasteiger partial charge is 0.0712 e. The molecular weight excluding hydrogens is 385 g/mol. The first kappa shape index (κ1) is 21.7. The first-order valence-electron chi connectivity index (χ1n) is 9.49. The van der Waals surface area contributed by atoms with Crippen molar-refractivity contribution >= 4 is 55.1 Å². The summed E-state index contributed by atoms with van der Waals surface area (Å²) < 4.78 is 2.66.